The van der Waals surface area contributed by atoms with Crippen molar-refractivity contribution >= 4 is 28.8 Å². The zero-order valence-electron chi connectivity index (χ0n) is 17.6. The number of fused-ring (bicyclic) bond motifs is 1. The highest BCUT2D eigenvalue weighted by atomic mass is 16.5. The van der Waals surface area contributed by atoms with Gasteiger partial charge in [-0.15, -0.1) is 0 Å². The van der Waals surface area contributed by atoms with Crippen LogP contribution in [-0.2, 0) is 25.5 Å². The number of benzene rings is 1. The van der Waals surface area contributed by atoms with Gasteiger partial charge in [0.2, 0.25) is 11.8 Å². The van der Waals surface area contributed by atoms with Crippen LogP contribution in [-0.4, -0.2) is 44.1 Å². The zero-order valence-corrected chi connectivity index (χ0v) is 17.6. The number of hydrogen-bond acceptors (Lipinski definition) is 7. The van der Waals surface area contributed by atoms with E-state index in [4.69, 9.17) is 13.9 Å². The van der Waals surface area contributed by atoms with Gasteiger partial charge in [-0.2, -0.15) is 0 Å². The lowest BCUT2D eigenvalue weighted by Crippen LogP contribution is -2.54. The van der Waals surface area contributed by atoms with E-state index in [1.807, 2.05) is 0 Å². The number of hydrogen-bond donors (Lipinski definition) is 2. The predicted molar refractivity (Wildman–Crippen MR) is 109 cm³/mol. The molecular formula is C21H26N2O7. The van der Waals surface area contributed by atoms with Gasteiger partial charge < -0.3 is 24.5 Å². The Balaban J connectivity index is 2.37. The maximum atomic E-state index is 12.7. The molecule has 30 heavy (non-hydrogen) atoms. The third-order valence-corrected chi connectivity index (χ3v) is 4.57. The summed E-state index contributed by atoms with van der Waals surface area (Å²) in [7, 11) is 2.70. The molecule has 1 heterocycles. The van der Waals surface area contributed by atoms with Crippen LogP contribution in [0.5, 0.6) is 5.75 Å². The van der Waals surface area contributed by atoms with Crippen LogP contribution in [0.25, 0.3) is 11.0 Å². The number of methoxy groups -OCH3 is 2. The van der Waals surface area contributed by atoms with Gasteiger partial charge in [0.25, 0.3) is 0 Å². The van der Waals surface area contributed by atoms with E-state index < -0.39 is 29.6 Å². The molecule has 0 saturated carbocycles. The molecule has 2 N–H and O–H groups in total. The quantitative estimate of drug-likeness (QED) is 0.487. The summed E-state index contributed by atoms with van der Waals surface area (Å²) in [6.45, 7) is 4.86. The van der Waals surface area contributed by atoms with Crippen LogP contribution >= 0.6 is 0 Å². The molecule has 2 atom stereocenters. The van der Waals surface area contributed by atoms with Crippen LogP contribution in [0, 0.1) is 5.92 Å². The van der Waals surface area contributed by atoms with Crippen molar-refractivity contribution in [1.82, 2.24) is 10.6 Å². The highest BCUT2D eigenvalue weighted by molar-refractivity contribution is 5.91. The Kier molecular flexibility index (Phi) is 7.57. The van der Waals surface area contributed by atoms with Crippen molar-refractivity contribution in [2.24, 2.45) is 5.92 Å². The lowest BCUT2D eigenvalue weighted by Gasteiger charge is -2.24. The second kappa shape index (κ2) is 9.91. The normalized spacial score (nSPS) is 12.9. The van der Waals surface area contributed by atoms with Gasteiger partial charge in [-0.05, 0) is 23.6 Å². The van der Waals surface area contributed by atoms with Gasteiger partial charge in [0.1, 0.15) is 23.4 Å². The number of carbonyl (C=O) groups excluding carboxylic acids is 3. The number of amides is 2. The Morgan fingerprint density at radius 2 is 1.80 bits per heavy atom. The molecule has 162 valence electrons. The molecule has 0 bridgehead atoms. The molecule has 2 rings (SSSR count). The molecule has 0 aliphatic heterocycles. The van der Waals surface area contributed by atoms with Crippen molar-refractivity contribution < 1.29 is 28.3 Å². The van der Waals surface area contributed by atoms with Crippen LogP contribution in [0.1, 0.15) is 26.3 Å². The van der Waals surface area contributed by atoms with E-state index in [0.29, 0.717) is 22.3 Å². The standard InChI is InChI=1S/C21H26N2O7/c1-11(2)19(22-12(3)24)20(26)23-16(21(27)29-5)8-13-9-18(25)30-17-10-14(28-4)6-7-15(13)17/h6-7,9-11,16,19H,8H2,1-5H3,(H,22,24)(H,23,26)/t16-,19-/m1/s1. The average Bonchev–Trinajstić information content (AvgIpc) is 2.69. The molecule has 2 aromatic rings. The Labute approximate surface area is 173 Å². The number of carbonyl (C=O) groups is 3. The summed E-state index contributed by atoms with van der Waals surface area (Å²) in [6.07, 6.45) is -0.00225. The highest BCUT2D eigenvalue weighted by Gasteiger charge is 2.29. The Hall–Kier alpha value is -3.36. The van der Waals surface area contributed by atoms with Crippen molar-refractivity contribution in [3.8, 4) is 5.75 Å². The SMILES string of the molecule is COC(=O)[C@@H](Cc1cc(=O)oc2cc(OC)ccc12)NC(=O)[C@H](NC(C)=O)C(C)C. The summed E-state index contributed by atoms with van der Waals surface area (Å²) in [5.74, 6) is -1.26. The van der Waals surface area contributed by atoms with E-state index >= 15 is 0 Å². The number of ether oxygens (including phenoxy) is 2. The molecule has 0 radical (unpaired) electrons. The van der Waals surface area contributed by atoms with Crippen LogP contribution in [0.3, 0.4) is 0 Å². The second-order valence-electron chi connectivity index (χ2n) is 7.16. The first kappa shape index (κ1) is 22.9. The number of nitrogens with one attached hydrogen (secondary N) is 2. The average molecular weight is 418 g/mol. The second-order valence-corrected chi connectivity index (χ2v) is 7.16. The van der Waals surface area contributed by atoms with E-state index in [1.165, 1.54) is 27.2 Å². The largest absolute Gasteiger partial charge is 0.497 e. The molecule has 0 aliphatic rings. The monoisotopic (exact) mass is 418 g/mol. The van der Waals surface area contributed by atoms with Crippen molar-refractivity contribution in [2.45, 2.75) is 39.3 Å². The third kappa shape index (κ3) is 5.59. The van der Waals surface area contributed by atoms with E-state index in [2.05, 4.69) is 10.6 Å². The van der Waals surface area contributed by atoms with Gasteiger partial charge in [-0.3, -0.25) is 9.59 Å². The fourth-order valence-corrected chi connectivity index (χ4v) is 3.08. The minimum Gasteiger partial charge on any atom is -0.497 e. The molecular weight excluding hydrogens is 392 g/mol. The summed E-state index contributed by atoms with van der Waals surface area (Å²) >= 11 is 0. The van der Waals surface area contributed by atoms with E-state index in [0.717, 1.165) is 0 Å². The minimum atomic E-state index is -1.07. The molecule has 0 aliphatic carbocycles. The highest BCUT2D eigenvalue weighted by Crippen LogP contribution is 2.23. The van der Waals surface area contributed by atoms with Gasteiger partial charge in [-0.25, -0.2) is 9.59 Å². The predicted octanol–water partition coefficient (Wildman–Crippen LogP) is 1.16. The molecule has 9 heteroatoms. The van der Waals surface area contributed by atoms with E-state index in [1.54, 1.807) is 32.0 Å². The molecule has 0 saturated heterocycles. The van der Waals surface area contributed by atoms with Crippen LogP contribution in [0.15, 0.2) is 33.5 Å². The Bertz CT molecular complexity index is 997. The van der Waals surface area contributed by atoms with Crippen molar-refractivity contribution in [1.29, 1.82) is 0 Å². The molecule has 1 aromatic heterocycles. The fourth-order valence-electron chi connectivity index (χ4n) is 3.08. The van der Waals surface area contributed by atoms with Crippen molar-refractivity contribution in [3.63, 3.8) is 0 Å². The van der Waals surface area contributed by atoms with E-state index in [-0.39, 0.29) is 18.2 Å². The first-order valence-electron chi connectivity index (χ1n) is 9.42. The van der Waals surface area contributed by atoms with Gasteiger partial charge in [0, 0.05) is 30.9 Å². The first-order valence-corrected chi connectivity index (χ1v) is 9.42. The molecule has 2 amide bonds. The lowest BCUT2D eigenvalue weighted by molar-refractivity contribution is -0.145. The van der Waals surface area contributed by atoms with E-state index in [9.17, 15) is 19.2 Å². The van der Waals surface area contributed by atoms with Gasteiger partial charge >= 0.3 is 11.6 Å². The molecule has 0 fully saturated rings. The Morgan fingerprint density at radius 1 is 1.10 bits per heavy atom. The topological polar surface area (TPSA) is 124 Å². The number of esters is 1. The van der Waals surface area contributed by atoms with Crippen LogP contribution < -0.4 is 21.0 Å². The molecule has 0 spiro atoms. The maximum absolute atomic E-state index is 12.7. The van der Waals surface area contributed by atoms with Gasteiger partial charge in [0.05, 0.1) is 14.2 Å². The fraction of sp³-hybridized carbons (Fsp3) is 0.429. The minimum absolute atomic E-state index is 0.00225. The van der Waals surface area contributed by atoms with Gasteiger partial charge in [-0.1, -0.05) is 13.8 Å². The van der Waals surface area contributed by atoms with Gasteiger partial charge in [0.15, 0.2) is 0 Å². The third-order valence-electron chi connectivity index (χ3n) is 4.57. The summed E-state index contributed by atoms with van der Waals surface area (Å²) in [6, 6.07) is 4.35. The first-order chi connectivity index (χ1) is 14.2. The molecule has 1 aromatic carbocycles. The number of rotatable bonds is 8. The van der Waals surface area contributed by atoms with Crippen molar-refractivity contribution in [3.05, 3.63) is 40.2 Å². The molecule has 0 unspecified atom stereocenters. The summed E-state index contributed by atoms with van der Waals surface area (Å²) in [5, 5.41) is 5.80. The molecule has 9 nitrogen and oxygen atoms in total. The lowest BCUT2D eigenvalue weighted by atomic mass is 10.00. The maximum Gasteiger partial charge on any atom is 0.336 e. The Morgan fingerprint density at radius 3 is 2.37 bits per heavy atom. The van der Waals surface area contributed by atoms with Crippen molar-refractivity contribution in [2.75, 3.05) is 14.2 Å². The summed E-state index contributed by atoms with van der Waals surface area (Å²) in [5.41, 5.74) is 0.198. The summed E-state index contributed by atoms with van der Waals surface area (Å²) < 4.78 is 15.2. The summed E-state index contributed by atoms with van der Waals surface area (Å²) in [4.78, 5) is 48.5. The van der Waals surface area contributed by atoms with Crippen LogP contribution in [0.2, 0.25) is 0 Å². The zero-order chi connectivity index (χ0) is 22.4. The smallest absolute Gasteiger partial charge is 0.336 e. The van der Waals surface area contributed by atoms with Crippen LogP contribution in [0.4, 0.5) is 0 Å².